The minimum atomic E-state index is 0.512. The average Bonchev–Trinajstić information content (AvgIpc) is 3.14. The lowest BCUT2D eigenvalue weighted by molar-refractivity contribution is 0.315. The van der Waals surface area contributed by atoms with Crippen LogP contribution in [-0.2, 0) is 6.42 Å². The first kappa shape index (κ1) is 16.1. The molecule has 1 aliphatic carbocycles. The maximum absolute atomic E-state index is 4.39. The van der Waals surface area contributed by atoms with Gasteiger partial charge in [0.05, 0.1) is 11.6 Å². The molecule has 2 aromatic heterocycles. The summed E-state index contributed by atoms with van der Waals surface area (Å²) < 4.78 is 0. The molecule has 0 radical (unpaired) electrons. The first-order valence-corrected chi connectivity index (χ1v) is 9.33. The number of rotatable bonds is 6. The highest BCUT2D eigenvalue weighted by Crippen LogP contribution is 2.30. The number of nitrogens with zero attached hydrogens (tertiary/aromatic N) is 3. The van der Waals surface area contributed by atoms with Gasteiger partial charge in [-0.1, -0.05) is 36.8 Å². The minimum absolute atomic E-state index is 0.512. The van der Waals surface area contributed by atoms with Crippen LogP contribution < -0.4 is 5.32 Å². The smallest absolute Gasteiger partial charge is 0.160 e. The Kier molecular flexibility index (Phi) is 4.91. The molecule has 1 aromatic carbocycles. The number of H-pyrrole nitrogens is 1. The Labute approximate surface area is 148 Å². The predicted molar refractivity (Wildman–Crippen MR) is 100 cm³/mol. The lowest BCUT2D eigenvalue weighted by atomic mass is 9.83. The van der Waals surface area contributed by atoms with Gasteiger partial charge in [-0.2, -0.15) is 5.10 Å². The van der Waals surface area contributed by atoms with Gasteiger partial charge in [-0.05, 0) is 50.0 Å². The van der Waals surface area contributed by atoms with Crippen molar-refractivity contribution in [2.24, 2.45) is 5.92 Å². The molecule has 4 rings (SSSR count). The Morgan fingerprint density at radius 2 is 1.88 bits per heavy atom. The lowest BCUT2D eigenvalue weighted by Crippen LogP contribution is -2.26. The van der Waals surface area contributed by atoms with E-state index in [0.29, 0.717) is 6.04 Å². The molecule has 0 saturated heterocycles. The summed E-state index contributed by atoms with van der Waals surface area (Å²) >= 11 is 0. The molecular formula is C20H25N5. The number of anilines is 1. The number of hydrogen-bond acceptors (Lipinski definition) is 4. The Balaban J connectivity index is 1.24. The topological polar surface area (TPSA) is 66.5 Å². The molecule has 0 atom stereocenters. The second-order valence-electron chi connectivity index (χ2n) is 7.09. The molecular weight excluding hydrogens is 310 g/mol. The van der Waals surface area contributed by atoms with Crippen LogP contribution in [-0.4, -0.2) is 26.2 Å². The van der Waals surface area contributed by atoms with Crippen LogP contribution in [0.1, 0.15) is 44.1 Å². The van der Waals surface area contributed by atoms with Gasteiger partial charge in [-0.25, -0.2) is 9.97 Å². The fourth-order valence-electron chi connectivity index (χ4n) is 3.91. The van der Waals surface area contributed by atoms with E-state index in [9.17, 15) is 0 Å². The zero-order chi connectivity index (χ0) is 16.9. The van der Waals surface area contributed by atoms with Crippen LogP contribution in [0.4, 0.5) is 5.82 Å². The van der Waals surface area contributed by atoms with E-state index in [2.05, 4.69) is 55.8 Å². The third kappa shape index (κ3) is 3.98. The largest absolute Gasteiger partial charge is 0.367 e. The Morgan fingerprint density at radius 1 is 1.04 bits per heavy atom. The fourth-order valence-corrected chi connectivity index (χ4v) is 3.91. The molecule has 1 aliphatic rings. The number of aromatic nitrogens is 4. The normalized spacial score (nSPS) is 20.6. The summed E-state index contributed by atoms with van der Waals surface area (Å²) in [5.41, 5.74) is 2.26. The molecule has 5 nitrogen and oxygen atoms in total. The highest BCUT2D eigenvalue weighted by molar-refractivity contribution is 5.85. The Morgan fingerprint density at radius 3 is 2.72 bits per heavy atom. The molecule has 0 spiro atoms. The van der Waals surface area contributed by atoms with E-state index in [1.807, 2.05) is 0 Å². The van der Waals surface area contributed by atoms with Crippen molar-refractivity contribution in [2.45, 2.75) is 51.0 Å². The second kappa shape index (κ2) is 7.64. The van der Waals surface area contributed by atoms with Crippen LogP contribution in [0, 0.1) is 5.92 Å². The summed E-state index contributed by atoms with van der Waals surface area (Å²) in [5.74, 6) is 1.78. The molecule has 2 heterocycles. The van der Waals surface area contributed by atoms with Crippen molar-refractivity contribution in [3.63, 3.8) is 0 Å². The summed E-state index contributed by atoms with van der Waals surface area (Å²) in [5, 5.41) is 11.5. The Bertz CT molecular complexity index is 790. The number of fused-ring (bicyclic) bond motifs is 1. The highest BCUT2D eigenvalue weighted by atomic mass is 15.2. The minimum Gasteiger partial charge on any atom is -0.367 e. The third-order valence-electron chi connectivity index (χ3n) is 5.36. The van der Waals surface area contributed by atoms with E-state index in [0.717, 1.165) is 22.8 Å². The average molecular weight is 335 g/mol. The summed E-state index contributed by atoms with van der Waals surface area (Å²) in [6.45, 7) is 0. The summed E-state index contributed by atoms with van der Waals surface area (Å²) in [4.78, 5) is 8.59. The number of hydrogen-bond donors (Lipinski definition) is 2. The van der Waals surface area contributed by atoms with Crippen molar-refractivity contribution in [3.8, 4) is 0 Å². The first-order chi connectivity index (χ1) is 12.4. The van der Waals surface area contributed by atoms with Crippen molar-refractivity contribution < 1.29 is 0 Å². The molecule has 1 fully saturated rings. The van der Waals surface area contributed by atoms with Gasteiger partial charge in [-0.3, -0.25) is 5.10 Å². The van der Waals surface area contributed by atoms with E-state index < -0.39 is 0 Å². The SMILES string of the molecule is c1ccc(CCCC2CCC(Nc3ncnc4[nH]ncc34)CC2)cc1. The zero-order valence-corrected chi connectivity index (χ0v) is 14.5. The molecule has 0 aliphatic heterocycles. The van der Waals surface area contributed by atoms with Crippen LogP contribution in [0.2, 0.25) is 0 Å². The van der Waals surface area contributed by atoms with Crippen LogP contribution >= 0.6 is 0 Å². The van der Waals surface area contributed by atoms with Gasteiger partial charge in [-0.15, -0.1) is 0 Å². The molecule has 3 aromatic rings. The number of nitrogens with one attached hydrogen (secondary N) is 2. The monoisotopic (exact) mass is 335 g/mol. The molecule has 1 saturated carbocycles. The predicted octanol–water partition coefficient (Wildman–Crippen LogP) is 4.35. The highest BCUT2D eigenvalue weighted by Gasteiger charge is 2.21. The van der Waals surface area contributed by atoms with Gasteiger partial charge in [0.15, 0.2) is 5.65 Å². The molecule has 0 bridgehead atoms. The van der Waals surface area contributed by atoms with Crippen LogP contribution in [0.15, 0.2) is 42.9 Å². The number of aryl methyl sites for hydroxylation is 1. The standard InChI is InChI=1S/C20H25N5/c1-2-5-15(6-3-1)7-4-8-16-9-11-17(12-10-16)24-19-18-13-23-25-20(18)22-14-21-19/h1-3,5-6,13-14,16-17H,4,7-12H2,(H2,21,22,23,24,25). The van der Waals surface area contributed by atoms with Crippen LogP contribution in [0.25, 0.3) is 11.0 Å². The molecule has 2 N–H and O–H groups in total. The first-order valence-electron chi connectivity index (χ1n) is 9.33. The summed E-state index contributed by atoms with van der Waals surface area (Å²) in [6, 6.07) is 11.3. The summed E-state index contributed by atoms with van der Waals surface area (Å²) in [7, 11) is 0. The second-order valence-corrected chi connectivity index (χ2v) is 7.09. The van der Waals surface area contributed by atoms with Gasteiger partial charge < -0.3 is 5.32 Å². The van der Waals surface area contributed by atoms with E-state index >= 15 is 0 Å². The van der Waals surface area contributed by atoms with Gasteiger partial charge >= 0.3 is 0 Å². The fraction of sp³-hybridized carbons (Fsp3) is 0.450. The van der Waals surface area contributed by atoms with Gasteiger partial charge in [0.1, 0.15) is 12.1 Å². The van der Waals surface area contributed by atoms with Gasteiger partial charge in [0.25, 0.3) is 0 Å². The number of aromatic amines is 1. The van der Waals surface area contributed by atoms with Crippen molar-refractivity contribution in [1.82, 2.24) is 20.2 Å². The van der Waals surface area contributed by atoms with Gasteiger partial charge in [0.2, 0.25) is 0 Å². The summed E-state index contributed by atoms with van der Waals surface area (Å²) in [6.07, 6.45) is 12.3. The maximum Gasteiger partial charge on any atom is 0.160 e. The van der Waals surface area contributed by atoms with E-state index in [1.165, 1.54) is 50.5 Å². The Hall–Kier alpha value is -2.43. The van der Waals surface area contributed by atoms with Gasteiger partial charge in [0, 0.05) is 6.04 Å². The van der Waals surface area contributed by atoms with E-state index in [-0.39, 0.29) is 0 Å². The van der Waals surface area contributed by atoms with Crippen molar-refractivity contribution in [1.29, 1.82) is 0 Å². The van der Waals surface area contributed by atoms with Crippen molar-refractivity contribution in [2.75, 3.05) is 5.32 Å². The lowest BCUT2D eigenvalue weighted by Gasteiger charge is -2.29. The van der Waals surface area contributed by atoms with E-state index in [4.69, 9.17) is 0 Å². The van der Waals surface area contributed by atoms with Crippen LogP contribution in [0.5, 0.6) is 0 Å². The molecule has 130 valence electrons. The number of benzene rings is 1. The zero-order valence-electron chi connectivity index (χ0n) is 14.5. The quantitative estimate of drug-likeness (QED) is 0.703. The maximum atomic E-state index is 4.39. The van der Waals surface area contributed by atoms with Crippen molar-refractivity contribution in [3.05, 3.63) is 48.4 Å². The molecule has 0 unspecified atom stereocenters. The molecule has 25 heavy (non-hydrogen) atoms. The van der Waals surface area contributed by atoms with Crippen LogP contribution in [0.3, 0.4) is 0 Å². The third-order valence-corrected chi connectivity index (χ3v) is 5.36. The molecule has 0 amide bonds. The molecule has 5 heteroatoms. The van der Waals surface area contributed by atoms with Crippen molar-refractivity contribution >= 4 is 16.9 Å². The van der Waals surface area contributed by atoms with E-state index in [1.54, 1.807) is 12.5 Å².